The van der Waals surface area contributed by atoms with E-state index in [1.807, 2.05) is 6.08 Å². The molecule has 0 saturated heterocycles. The van der Waals surface area contributed by atoms with Gasteiger partial charge in [-0.1, -0.05) is 13.0 Å². The van der Waals surface area contributed by atoms with E-state index >= 15 is 0 Å². The number of aliphatic imine (C=N–C) groups is 1. The largest absolute Gasteiger partial charge is 0.370 e. The fourth-order valence-corrected chi connectivity index (χ4v) is 2.79. The van der Waals surface area contributed by atoms with E-state index in [0.29, 0.717) is 5.96 Å². The number of nitrogens with zero attached hydrogens (tertiary/aromatic N) is 2. The summed E-state index contributed by atoms with van der Waals surface area (Å²) in [5.74, 6) is 1.58. The van der Waals surface area contributed by atoms with Crippen LogP contribution >= 0.6 is 0 Å². The van der Waals surface area contributed by atoms with Crippen LogP contribution in [-0.4, -0.2) is 29.5 Å². The van der Waals surface area contributed by atoms with Gasteiger partial charge >= 0.3 is 0 Å². The second kappa shape index (κ2) is 3.87. The third-order valence-corrected chi connectivity index (χ3v) is 3.90. The summed E-state index contributed by atoms with van der Waals surface area (Å²) in [6, 6.07) is 0. The number of guanidine groups is 1. The first-order valence-electron chi connectivity index (χ1n) is 5.86. The lowest BCUT2D eigenvalue weighted by atomic mass is 9.76. The van der Waals surface area contributed by atoms with E-state index in [0.717, 1.165) is 19.0 Å². The van der Waals surface area contributed by atoms with Crippen LogP contribution in [0.25, 0.3) is 0 Å². The molecule has 1 heterocycles. The molecule has 0 amide bonds. The molecule has 0 aromatic rings. The minimum Gasteiger partial charge on any atom is -0.370 e. The van der Waals surface area contributed by atoms with Gasteiger partial charge in [0.1, 0.15) is 0 Å². The molecule has 2 N–H and O–H groups in total. The van der Waals surface area contributed by atoms with Gasteiger partial charge in [0.15, 0.2) is 5.96 Å². The lowest BCUT2D eigenvalue weighted by Crippen LogP contribution is -2.53. The van der Waals surface area contributed by atoms with Gasteiger partial charge in [-0.15, -0.1) is 6.58 Å². The predicted octanol–water partition coefficient (Wildman–Crippen LogP) is 1.75. The normalized spacial score (nSPS) is 35.7. The third kappa shape index (κ3) is 1.75. The molecule has 0 aromatic carbocycles. The Morgan fingerprint density at radius 1 is 1.60 bits per heavy atom. The van der Waals surface area contributed by atoms with Crippen molar-refractivity contribution in [3.05, 3.63) is 12.7 Å². The smallest absolute Gasteiger partial charge is 0.192 e. The fourth-order valence-electron chi connectivity index (χ4n) is 2.79. The topological polar surface area (TPSA) is 41.6 Å². The number of nitrogens with two attached hydrogens (primary N) is 1. The van der Waals surface area contributed by atoms with Crippen molar-refractivity contribution in [2.45, 2.75) is 38.1 Å². The van der Waals surface area contributed by atoms with Gasteiger partial charge in [-0.3, -0.25) is 4.99 Å². The van der Waals surface area contributed by atoms with Crippen LogP contribution in [-0.2, 0) is 0 Å². The van der Waals surface area contributed by atoms with Crippen LogP contribution in [0.3, 0.4) is 0 Å². The maximum Gasteiger partial charge on any atom is 0.192 e. The van der Waals surface area contributed by atoms with Gasteiger partial charge in [0.05, 0.1) is 12.1 Å². The summed E-state index contributed by atoms with van der Waals surface area (Å²) in [4.78, 5) is 6.67. The summed E-state index contributed by atoms with van der Waals surface area (Å²) >= 11 is 0. The van der Waals surface area contributed by atoms with Crippen LogP contribution in [0.1, 0.15) is 32.6 Å². The van der Waals surface area contributed by atoms with Crippen LogP contribution < -0.4 is 5.73 Å². The van der Waals surface area contributed by atoms with Gasteiger partial charge in [-0.05, 0) is 31.6 Å². The highest BCUT2D eigenvalue weighted by molar-refractivity contribution is 5.81. The lowest BCUT2D eigenvalue weighted by molar-refractivity contribution is 0.130. The van der Waals surface area contributed by atoms with E-state index in [-0.39, 0.29) is 5.54 Å². The number of rotatable bonds is 2. The minimum absolute atomic E-state index is 0.227. The summed E-state index contributed by atoms with van der Waals surface area (Å²) in [5, 5.41) is 0. The molecule has 3 heteroatoms. The zero-order valence-corrected chi connectivity index (χ0v) is 9.58. The van der Waals surface area contributed by atoms with Crippen LogP contribution in [0.5, 0.6) is 0 Å². The second-order valence-corrected chi connectivity index (χ2v) is 4.98. The zero-order chi connectivity index (χ0) is 10.9. The van der Waals surface area contributed by atoms with Crippen LogP contribution in [0.2, 0.25) is 0 Å². The number of hydrogen-bond donors (Lipinski definition) is 1. The van der Waals surface area contributed by atoms with E-state index in [1.165, 1.54) is 25.7 Å². The molecule has 0 aromatic heterocycles. The molecule has 2 rings (SSSR count). The molecule has 1 spiro atoms. The van der Waals surface area contributed by atoms with Gasteiger partial charge in [0, 0.05) is 6.54 Å². The van der Waals surface area contributed by atoms with E-state index in [9.17, 15) is 0 Å². The van der Waals surface area contributed by atoms with Crippen LogP contribution in [0, 0.1) is 5.92 Å². The Kier molecular flexibility index (Phi) is 2.72. The quantitative estimate of drug-likeness (QED) is 0.701. The zero-order valence-electron chi connectivity index (χ0n) is 9.58. The highest BCUT2D eigenvalue weighted by atomic mass is 15.4. The number of hydrogen-bond acceptors (Lipinski definition) is 3. The SMILES string of the molecule is C=CCN1C(N)=NCC12CCC(C)CC2. The molecule has 2 aliphatic rings. The first-order valence-corrected chi connectivity index (χ1v) is 5.86. The highest BCUT2D eigenvalue weighted by Crippen LogP contribution is 2.38. The molecule has 1 fully saturated rings. The molecule has 0 bridgehead atoms. The standard InChI is InChI=1S/C12H21N3/c1-3-8-15-11(13)14-9-12(15)6-4-10(2)5-7-12/h3,10H,1,4-9H2,2H3,(H2,13,14). The summed E-state index contributed by atoms with van der Waals surface area (Å²) in [7, 11) is 0. The summed E-state index contributed by atoms with van der Waals surface area (Å²) in [5.41, 5.74) is 6.16. The average molecular weight is 207 g/mol. The van der Waals surface area contributed by atoms with Crippen LogP contribution in [0.15, 0.2) is 17.6 Å². The maximum atomic E-state index is 5.93. The van der Waals surface area contributed by atoms with Crippen molar-refractivity contribution in [2.75, 3.05) is 13.1 Å². The maximum absolute atomic E-state index is 5.93. The van der Waals surface area contributed by atoms with Gasteiger partial charge < -0.3 is 10.6 Å². The molecule has 0 unspecified atom stereocenters. The summed E-state index contributed by atoms with van der Waals surface area (Å²) < 4.78 is 0. The van der Waals surface area contributed by atoms with Gasteiger partial charge in [-0.2, -0.15) is 0 Å². The third-order valence-electron chi connectivity index (χ3n) is 3.90. The molecule has 1 aliphatic heterocycles. The minimum atomic E-state index is 0.227. The molecule has 1 saturated carbocycles. The molecule has 84 valence electrons. The molecule has 3 nitrogen and oxygen atoms in total. The molecule has 1 aliphatic carbocycles. The fraction of sp³-hybridized carbons (Fsp3) is 0.750. The van der Waals surface area contributed by atoms with Crippen molar-refractivity contribution >= 4 is 5.96 Å². The van der Waals surface area contributed by atoms with Gasteiger partial charge in [-0.25, -0.2) is 0 Å². The monoisotopic (exact) mass is 207 g/mol. The van der Waals surface area contributed by atoms with E-state index in [1.54, 1.807) is 0 Å². The lowest BCUT2D eigenvalue weighted by Gasteiger charge is -2.43. The second-order valence-electron chi connectivity index (χ2n) is 4.98. The molecular formula is C12H21N3. The first-order chi connectivity index (χ1) is 7.18. The molecular weight excluding hydrogens is 186 g/mol. The first kappa shape index (κ1) is 10.5. The van der Waals surface area contributed by atoms with E-state index in [4.69, 9.17) is 5.73 Å². The van der Waals surface area contributed by atoms with Crippen molar-refractivity contribution in [1.29, 1.82) is 0 Å². The van der Waals surface area contributed by atoms with Crippen molar-refractivity contribution in [1.82, 2.24) is 4.90 Å². The van der Waals surface area contributed by atoms with Crippen molar-refractivity contribution in [3.8, 4) is 0 Å². The average Bonchev–Trinajstić information content (AvgIpc) is 2.53. The van der Waals surface area contributed by atoms with E-state index < -0.39 is 0 Å². The van der Waals surface area contributed by atoms with Crippen LogP contribution in [0.4, 0.5) is 0 Å². The predicted molar refractivity (Wildman–Crippen MR) is 63.8 cm³/mol. The van der Waals surface area contributed by atoms with Crippen molar-refractivity contribution in [3.63, 3.8) is 0 Å². The van der Waals surface area contributed by atoms with Gasteiger partial charge in [0.2, 0.25) is 0 Å². The molecule has 15 heavy (non-hydrogen) atoms. The Hall–Kier alpha value is -0.990. The van der Waals surface area contributed by atoms with Gasteiger partial charge in [0.25, 0.3) is 0 Å². The van der Waals surface area contributed by atoms with E-state index in [2.05, 4.69) is 23.4 Å². The highest BCUT2D eigenvalue weighted by Gasteiger charge is 2.43. The molecule has 0 radical (unpaired) electrons. The van der Waals surface area contributed by atoms with Crippen molar-refractivity contribution < 1.29 is 0 Å². The Labute approximate surface area is 92.0 Å². The summed E-state index contributed by atoms with van der Waals surface area (Å²) in [6.07, 6.45) is 6.98. The molecule has 0 atom stereocenters. The van der Waals surface area contributed by atoms with Crippen molar-refractivity contribution in [2.24, 2.45) is 16.6 Å². The Morgan fingerprint density at radius 3 is 2.87 bits per heavy atom. The Balaban J connectivity index is 2.11. The summed E-state index contributed by atoms with van der Waals surface area (Å²) in [6.45, 7) is 7.86. The Morgan fingerprint density at radius 2 is 2.27 bits per heavy atom. The Bertz CT molecular complexity index is 275.